The molecule has 0 saturated carbocycles. The topological polar surface area (TPSA) is 46.5 Å². The standard InChI is InChI=1S/C11H10O3S/c1-7-2-4-8(5-3-7)15-10-9(12)6-14-11(10)13/h2-5,12H,6H2,1H3. The number of aliphatic hydroxyl groups excluding tert-OH is 1. The van der Waals surface area contributed by atoms with Crippen LogP contribution in [0.3, 0.4) is 0 Å². The Morgan fingerprint density at radius 2 is 2.00 bits per heavy atom. The summed E-state index contributed by atoms with van der Waals surface area (Å²) in [6.45, 7) is 1.99. The first-order chi connectivity index (χ1) is 7.16. The monoisotopic (exact) mass is 222 g/mol. The number of benzene rings is 1. The summed E-state index contributed by atoms with van der Waals surface area (Å²) in [6.07, 6.45) is 0. The molecule has 4 heteroatoms. The quantitative estimate of drug-likeness (QED) is 0.780. The van der Waals surface area contributed by atoms with Gasteiger partial charge in [-0.2, -0.15) is 0 Å². The van der Waals surface area contributed by atoms with Crippen LogP contribution in [0.15, 0.2) is 39.8 Å². The molecule has 1 aliphatic rings. The van der Waals surface area contributed by atoms with Crippen LogP contribution in [0, 0.1) is 6.92 Å². The summed E-state index contributed by atoms with van der Waals surface area (Å²) in [5, 5.41) is 9.39. The van der Waals surface area contributed by atoms with Crippen molar-refractivity contribution < 1.29 is 14.6 Å². The summed E-state index contributed by atoms with van der Waals surface area (Å²) in [5.41, 5.74) is 1.16. The molecule has 0 radical (unpaired) electrons. The van der Waals surface area contributed by atoms with Crippen LogP contribution in [0.4, 0.5) is 0 Å². The van der Waals surface area contributed by atoms with E-state index in [-0.39, 0.29) is 12.4 Å². The van der Waals surface area contributed by atoms with Crippen LogP contribution in [-0.4, -0.2) is 17.7 Å². The second-order valence-electron chi connectivity index (χ2n) is 3.27. The highest BCUT2D eigenvalue weighted by atomic mass is 32.2. The third-order valence-electron chi connectivity index (χ3n) is 2.03. The molecule has 15 heavy (non-hydrogen) atoms. The fraction of sp³-hybridized carbons (Fsp3) is 0.182. The summed E-state index contributed by atoms with van der Waals surface area (Å²) in [7, 11) is 0. The van der Waals surface area contributed by atoms with Crippen LogP contribution in [-0.2, 0) is 9.53 Å². The lowest BCUT2D eigenvalue weighted by Crippen LogP contribution is -1.95. The third kappa shape index (κ3) is 2.15. The highest BCUT2D eigenvalue weighted by Gasteiger charge is 2.25. The van der Waals surface area contributed by atoms with E-state index in [1.165, 1.54) is 11.8 Å². The van der Waals surface area contributed by atoms with Gasteiger partial charge in [0.1, 0.15) is 11.5 Å². The number of cyclic esters (lactones) is 1. The first-order valence-corrected chi connectivity index (χ1v) is 5.32. The molecule has 0 aliphatic carbocycles. The van der Waals surface area contributed by atoms with E-state index in [2.05, 4.69) is 4.74 Å². The van der Waals surface area contributed by atoms with Gasteiger partial charge in [-0.3, -0.25) is 0 Å². The summed E-state index contributed by atoms with van der Waals surface area (Å²) in [6, 6.07) is 7.73. The minimum Gasteiger partial charge on any atom is -0.507 e. The SMILES string of the molecule is Cc1ccc(SC2=C(O)COC2=O)cc1. The normalized spacial score (nSPS) is 15.7. The van der Waals surface area contributed by atoms with Crippen LogP contribution in [0.25, 0.3) is 0 Å². The Bertz CT molecular complexity index is 420. The Labute approximate surface area is 91.8 Å². The maximum atomic E-state index is 11.2. The lowest BCUT2D eigenvalue weighted by Gasteiger charge is -2.00. The van der Waals surface area contributed by atoms with Gasteiger partial charge in [0.15, 0.2) is 5.76 Å². The molecule has 1 aromatic rings. The van der Waals surface area contributed by atoms with Gasteiger partial charge in [-0.1, -0.05) is 29.5 Å². The average Bonchev–Trinajstić information content (AvgIpc) is 2.53. The van der Waals surface area contributed by atoms with Crippen molar-refractivity contribution in [2.75, 3.05) is 6.61 Å². The van der Waals surface area contributed by atoms with Crippen molar-refractivity contribution in [2.45, 2.75) is 11.8 Å². The van der Waals surface area contributed by atoms with Crippen molar-refractivity contribution in [1.82, 2.24) is 0 Å². The summed E-state index contributed by atoms with van der Waals surface area (Å²) >= 11 is 1.23. The Morgan fingerprint density at radius 3 is 2.53 bits per heavy atom. The molecule has 1 N–H and O–H groups in total. The zero-order chi connectivity index (χ0) is 10.8. The van der Waals surface area contributed by atoms with E-state index in [1.807, 2.05) is 31.2 Å². The van der Waals surface area contributed by atoms with Gasteiger partial charge in [-0.05, 0) is 19.1 Å². The van der Waals surface area contributed by atoms with Crippen molar-refractivity contribution in [1.29, 1.82) is 0 Å². The molecule has 0 fully saturated rings. The number of rotatable bonds is 2. The molecule has 0 bridgehead atoms. The smallest absolute Gasteiger partial charge is 0.349 e. The maximum Gasteiger partial charge on any atom is 0.349 e. The summed E-state index contributed by atoms with van der Waals surface area (Å²) in [4.78, 5) is 12.4. The molecule has 1 aliphatic heterocycles. The van der Waals surface area contributed by atoms with Crippen LogP contribution in [0.2, 0.25) is 0 Å². The second-order valence-corrected chi connectivity index (χ2v) is 4.35. The first kappa shape index (κ1) is 10.1. The number of hydrogen-bond donors (Lipinski definition) is 1. The molecule has 1 heterocycles. The number of aliphatic hydroxyl groups is 1. The first-order valence-electron chi connectivity index (χ1n) is 4.50. The average molecular weight is 222 g/mol. The van der Waals surface area contributed by atoms with Crippen LogP contribution >= 0.6 is 11.8 Å². The van der Waals surface area contributed by atoms with E-state index < -0.39 is 5.97 Å². The van der Waals surface area contributed by atoms with Gasteiger partial charge in [0.25, 0.3) is 0 Å². The molecule has 0 spiro atoms. The minimum absolute atomic E-state index is 0.00692. The lowest BCUT2D eigenvalue weighted by molar-refractivity contribution is -0.135. The van der Waals surface area contributed by atoms with Gasteiger partial charge < -0.3 is 9.84 Å². The van der Waals surface area contributed by atoms with E-state index in [0.29, 0.717) is 4.91 Å². The van der Waals surface area contributed by atoms with Crippen molar-refractivity contribution >= 4 is 17.7 Å². The molecule has 3 nitrogen and oxygen atoms in total. The molecular formula is C11H10O3S. The van der Waals surface area contributed by atoms with Gasteiger partial charge in [-0.25, -0.2) is 4.79 Å². The number of carbonyl (C=O) groups is 1. The van der Waals surface area contributed by atoms with Crippen molar-refractivity contribution in [3.63, 3.8) is 0 Å². The second kappa shape index (κ2) is 3.98. The van der Waals surface area contributed by atoms with Crippen LogP contribution < -0.4 is 0 Å². The van der Waals surface area contributed by atoms with E-state index >= 15 is 0 Å². The molecule has 0 unspecified atom stereocenters. The molecular weight excluding hydrogens is 212 g/mol. The van der Waals surface area contributed by atoms with Crippen molar-refractivity contribution in [2.24, 2.45) is 0 Å². The van der Waals surface area contributed by atoms with E-state index in [0.717, 1.165) is 10.5 Å². The van der Waals surface area contributed by atoms with Crippen LogP contribution in [0.5, 0.6) is 0 Å². The van der Waals surface area contributed by atoms with Crippen molar-refractivity contribution in [3.05, 3.63) is 40.5 Å². The summed E-state index contributed by atoms with van der Waals surface area (Å²) in [5.74, 6) is -0.427. The number of esters is 1. The Morgan fingerprint density at radius 1 is 1.33 bits per heavy atom. The number of carbonyl (C=O) groups excluding carboxylic acids is 1. The highest BCUT2D eigenvalue weighted by Crippen LogP contribution is 2.32. The maximum absolute atomic E-state index is 11.2. The molecule has 0 amide bonds. The fourth-order valence-corrected chi connectivity index (χ4v) is 2.03. The van der Waals surface area contributed by atoms with Crippen molar-refractivity contribution in [3.8, 4) is 0 Å². The molecule has 1 aromatic carbocycles. The zero-order valence-electron chi connectivity index (χ0n) is 8.19. The number of thioether (sulfide) groups is 1. The Balaban J connectivity index is 2.19. The molecule has 0 saturated heterocycles. The number of hydrogen-bond acceptors (Lipinski definition) is 4. The van der Waals surface area contributed by atoms with E-state index in [9.17, 15) is 9.90 Å². The van der Waals surface area contributed by atoms with Gasteiger partial charge in [0.2, 0.25) is 0 Å². The minimum atomic E-state index is -0.446. The largest absolute Gasteiger partial charge is 0.507 e. The molecule has 0 aromatic heterocycles. The van der Waals surface area contributed by atoms with Gasteiger partial charge >= 0.3 is 5.97 Å². The van der Waals surface area contributed by atoms with Crippen LogP contribution in [0.1, 0.15) is 5.56 Å². The zero-order valence-corrected chi connectivity index (χ0v) is 9.00. The Kier molecular flexibility index (Phi) is 2.68. The predicted molar refractivity (Wildman–Crippen MR) is 57.6 cm³/mol. The molecule has 0 atom stereocenters. The van der Waals surface area contributed by atoms with Gasteiger partial charge in [0, 0.05) is 4.90 Å². The van der Waals surface area contributed by atoms with E-state index in [1.54, 1.807) is 0 Å². The third-order valence-corrected chi connectivity index (χ3v) is 3.14. The molecule has 2 rings (SSSR count). The van der Waals surface area contributed by atoms with Gasteiger partial charge in [0.05, 0.1) is 0 Å². The van der Waals surface area contributed by atoms with Gasteiger partial charge in [-0.15, -0.1) is 0 Å². The number of aryl methyl sites for hydroxylation is 1. The molecule has 78 valence electrons. The number of ether oxygens (including phenoxy) is 1. The van der Waals surface area contributed by atoms with E-state index in [4.69, 9.17) is 0 Å². The Hall–Kier alpha value is -1.42. The summed E-state index contributed by atoms with van der Waals surface area (Å²) < 4.78 is 4.69. The fourth-order valence-electron chi connectivity index (χ4n) is 1.21. The highest BCUT2D eigenvalue weighted by molar-refractivity contribution is 8.04. The predicted octanol–water partition coefficient (Wildman–Crippen LogP) is 2.41. The lowest BCUT2D eigenvalue weighted by atomic mass is 10.2.